The van der Waals surface area contributed by atoms with Crippen LogP contribution in [-0.2, 0) is 0 Å². The lowest BCUT2D eigenvalue weighted by Crippen LogP contribution is -2.58. The Labute approximate surface area is 183 Å². The molecule has 0 amide bonds. The quantitative estimate of drug-likeness (QED) is 0.501. The molecule has 5 rings (SSSR count). The van der Waals surface area contributed by atoms with E-state index in [1.807, 2.05) is 0 Å². The van der Waals surface area contributed by atoms with Gasteiger partial charge in [0.2, 0.25) is 5.65 Å². The topological polar surface area (TPSA) is 97.2 Å². The first-order chi connectivity index (χ1) is 15.1. The monoisotopic (exact) mass is 438 g/mol. The van der Waals surface area contributed by atoms with Crippen LogP contribution in [0, 0.1) is 11.6 Å². The van der Waals surface area contributed by atoms with Crippen molar-refractivity contribution in [3.63, 3.8) is 0 Å². The van der Waals surface area contributed by atoms with E-state index in [2.05, 4.69) is 63.7 Å². The van der Waals surface area contributed by atoms with Gasteiger partial charge in [-0.1, -0.05) is 11.3 Å². The standard InChI is InChI=1S/C22H24F2N8/c1-21(2)8-13(9-22(3,4)30-21)32-20-17(28-31-32)7-16(27-29-20)15-6-5-14(18(23)19(15)24)12-10-25-26-11-12/h5-7,10-11,13,30H,8-9H2,1-4H3,(H,25,26). The third-order valence-corrected chi connectivity index (χ3v) is 5.90. The molecule has 4 heterocycles. The zero-order valence-corrected chi connectivity index (χ0v) is 18.3. The van der Waals surface area contributed by atoms with Gasteiger partial charge in [0.1, 0.15) is 5.52 Å². The summed E-state index contributed by atoms with van der Waals surface area (Å²) in [6, 6.07) is 4.67. The van der Waals surface area contributed by atoms with E-state index in [4.69, 9.17) is 0 Å². The van der Waals surface area contributed by atoms with Gasteiger partial charge in [-0.05, 0) is 52.7 Å². The summed E-state index contributed by atoms with van der Waals surface area (Å²) in [5.74, 6) is -1.96. The third-order valence-electron chi connectivity index (χ3n) is 5.90. The number of halogens is 2. The van der Waals surface area contributed by atoms with E-state index in [1.54, 1.807) is 10.7 Å². The summed E-state index contributed by atoms with van der Waals surface area (Å²) in [5.41, 5.74) is 1.67. The summed E-state index contributed by atoms with van der Waals surface area (Å²) in [7, 11) is 0. The minimum absolute atomic E-state index is 0.0165. The van der Waals surface area contributed by atoms with Crippen LogP contribution in [0.2, 0.25) is 0 Å². The van der Waals surface area contributed by atoms with Crippen LogP contribution in [0.3, 0.4) is 0 Å². The Morgan fingerprint density at radius 3 is 2.34 bits per heavy atom. The Bertz CT molecular complexity index is 1280. The number of nitrogens with zero attached hydrogens (tertiary/aromatic N) is 6. The maximum Gasteiger partial charge on any atom is 0.201 e. The number of nitrogens with one attached hydrogen (secondary N) is 2. The fraction of sp³-hybridized carbons (Fsp3) is 0.409. The lowest BCUT2D eigenvalue weighted by atomic mass is 9.80. The second-order valence-electron chi connectivity index (χ2n) is 9.70. The van der Waals surface area contributed by atoms with Crippen LogP contribution in [0.4, 0.5) is 8.78 Å². The van der Waals surface area contributed by atoms with Crippen LogP contribution in [0.15, 0.2) is 30.6 Å². The number of H-pyrrole nitrogens is 1. The number of fused-ring (bicyclic) bond motifs is 1. The molecule has 1 aliphatic heterocycles. The molecule has 1 fully saturated rings. The second-order valence-corrected chi connectivity index (χ2v) is 9.70. The van der Waals surface area contributed by atoms with E-state index in [-0.39, 0.29) is 33.9 Å². The molecule has 32 heavy (non-hydrogen) atoms. The van der Waals surface area contributed by atoms with Crippen molar-refractivity contribution in [2.45, 2.75) is 57.7 Å². The number of piperidine rings is 1. The Kier molecular flexibility index (Phi) is 4.59. The van der Waals surface area contributed by atoms with Gasteiger partial charge in [0.05, 0.1) is 17.9 Å². The molecule has 1 aliphatic rings. The highest BCUT2D eigenvalue weighted by Gasteiger charge is 2.39. The maximum atomic E-state index is 14.9. The molecule has 1 saturated heterocycles. The molecule has 3 aromatic heterocycles. The number of aromatic nitrogens is 7. The zero-order chi connectivity index (χ0) is 22.7. The first kappa shape index (κ1) is 20.6. The summed E-state index contributed by atoms with van der Waals surface area (Å²) in [6.45, 7) is 8.64. The van der Waals surface area contributed by atoms with Crippen molar-refractivity contribution < 1.29 is 8.78 Å². The molecule has 166 valence electrons. The van der Waals surface area contributed by atoms with Crippen LogP contribution in [0.25, 0.3) is 33.5 Å². The van der Waals surface area contributed by atoms with Gasteiger partial charge in [-0.2, -0.15) is 5.10 Å². The smallest absolute Gasteiger partial charge is 0.201 e. The number of hydrogen-bond acceptors (Lipinski definition) is 6. The van der Waals surface area contributed by atoms with E-state index in [9.17, 15) is 8.78 Å². The molecular weight excluding hydrogens is 414 g/mol. The lowest BCUT2D eigenvalue weighted by Gasteiger charge is -2.46. The van der Waals surface area contributed by atoms with Crippen molar-refractivity contribution in [2.24, 2.45) is 0 Å². The first-order valence-electron chi connectivity index (χ1n) is 10.5. The number of hydrogen-bond donors (Lipinski definition) is 2. The first-order valence-corrected chi connectivity index (χ1v) is 10.5. The summed E-state index contributed by atoms with van der Waals surface area (Å²) in [4.78, 5) is 0. The van der Waals surface area contributed by atoms with Crippen molar-refractivity contribution in [3.05, 3.63) is 42.2 Å². The van der Waals surface area contributed by atoms with E-state index in [1.165, 1.54) is 24.5 Å². The van der Waals surface area contributed by atoms with Gasteiger partial charge in [-0.25, -0.2) is 13.5 Å². The predicted molar refractivity (Wildman–Crippen MR) is 116 cm³/mol. The Morgan fingerprint density at radius 2 is 1.66 bits per heavy atom. The third kappa shape index (κ3) is 3.54. The van der Waals surface area contributed by atoms with E-state index in [0.29, 0.717) is 16.7 Å². The number of benzene rings is 1. The minimum atomic E-state index is -0.994. The van der Waals surface area contributed by atoms with Crippen molar-refractivity contribution >= 4 is 11.2 Å². The molecule has 0 saturated carbocycles. The molecule has 0 atom stereocenters. The highest BCUT2D eigenvalue weighted by atomic mass is 19.2. The minimum Gasteiger partial charge on any atom is -0.307 e. The molecule has 0 aliphatic carbocycles. The Hall–Kier alpha value is -3.27. The lowest BCUT2D eigenvalue weighted by molar-refractivity contribution is 0.127. The van der Waals surface area contributed by atoms with Crippen molar-refractivity contribution in [2.75, 3.05) is 0 Å². The molecule has 8 nitrogen and oxygen atoms in total. The van der Waals surface area contributed by atoms with Crippen molar-refractivity contribution in [1.29, 1.82) is 0 Å². The van der Waals surface area contributed by atoms with Crippen molar-refractivity contribution in [1.82, 2.24) is 40.7 Å². The van der Waals surface area contributed by atoms with Crippen molar-refractivity contribution in [3.8, 4) is 22.4 Å². The highest BCUT2D eigenvalue weighted by Crippen LogP contribution is 2.37. The summed E-state index contributed by atoms with van der Waals surface area (Å²) in [6.07, 6.45) is 4.65. The molecule has 0 radical (unpaired) electrons. The molecule has 0 bridgehead atoms. The molecule has 0 unspecified atom stereocenters. The molecule has 0 spiro atoms. The Morgan fingerprint density at radius 1 is 0.969 bits per heavy atom. The molecule has 1 aromatic carbocycles. The van der Waals surface area contributed by atoms with Gasteiger partial charge < -0.3 is 5.32 Å². The molecular formula is C22H24F2N8. The average molecular weight is 438 g/mol. The highest BCUT2D eigenvalue weighted by molar-refractivity contribution is 5.76. The van der Waals surface area contributed by atoms with Crippen LogP contribution in [0.1, 0.15) is 46.6 Å². The van der Waals surface area contributed by atoms with E-state index in [0.717, 1.165) is 12.8 Å². The van der Waals surface area contributed by atoms with Crippen LogP contribution < -0.4 is 5.32 Å². The number of aromatic amines is 1. The largest absolute Gasteiger partial charge is 0.307 e. The fourth-order valence-corrected chi connectivity index (χ4v) is 4.94. The van der Waals surface area contributed by atoms with Gasteiger partial charge in [0.25, 0.3) is 0 Å². The van der Waals surface area contributed by atoms with Gasteiger partial charge in [-0.3, -0.25) is 5.10 Å². The van der Waals surface area contributed by atoms with Gasteiger partial charge in [0.15, 0.2) is 11.6 Å². The SMILES string of the molecule is CC1(C)CC(n2nnc3cc(-c4ccc(-c5cn[nH]c5)c(F)c4F)nnc32)CC(C)(C)N1. The van der Waals surface area contributed by atoms with Gasteiger partial charge in [0, 0.05) is 34.0 Å². The molecule has 2 N–H and O–H groups in total. The summed E-state index contributed by atoms with van der Waals surface area (Å²) >= 11 is 0. The van der Waals surface area contributed by atoms with Crippen LogP contribution in [-0.4, -0.2) is 46.5 Å². The molecule has 10 heteroatoms. The van der Waals surface area contributed by atoms with Gasteiger partial charge in [-0.15, -0.1) is 15.3 Å². The fourth-order valence-electron chi connectivity index (χ4n) is 4.94. The maximum absolute atomic E-state index is 14.9. The van der Waals surface area contributed by atoms with Crippen LogP contribution >= 0.6 is 0 Å². The summed E-state index contributed by atoms with van der Waals surface area (Å²) < 4.78 is 31.4. The molecule has 4 aromatic rings. The summed E-state index contributed by atoms with van der Waals surface area (Å²) in [5, 5.41) is 27.1. The van der Waals surface area contributed by atoms with E-state index < -0.39 is 11.6 Å². The Balaban J connectivity index is 1.52. The zero-order valence-electron chi connectivity index (χ0n) is 18.3. The number of rotatable bonds is 3. The predicted octanol–water partition coefficient (Wildman–Crippen LogP) is 4.04. The second kappa shape index (κ2) is 7.13. The normalized spacial score (nSPS) is 18.3. The van der Waals surface area contributed by atoms with E-state index >= 15 is 0 Å². The van der Waals surface area contributed by atoms with Gasteiger partial charge >= 0.3 is 0 Å². The average Bonchev–Trinajstić information content (AvgIpc) is 3.37. The van der Waals surface area contributed by atoms with Crippen LogP contribution in [0.5, 0.6) is 0 Å².